The Hall–Kier alpha value is -2.13. The summed E-state index contributed by atoms with van der Waals surface area (Å²) in [5.41, 5.74) is 0.0299. The summed E-state index contributed by atoms with van der Waals surface area (Å²) in [6, 6.07) is 3.85. The van der Waals surface area contributed by atoms with E-state index in [1.54, 1.807) is 4.90 Å². The lowest BCUT2D eigenvalue weighted by molar-refractivity contribution is -0.143. The molecule has 1 fully saturated rings. The maximum Gasteiger partial charge on any atom is 0.338 e. The van der Waals surface area contributed by atoms with E-state index in [1.807, 2.05) is 27.7 Å². The van der Waals surface area contributed by atoms with Gasteiger partial charge in [-0.25, -0.2) is 17.9 Å². The first kappa shape index (κ1) is 23.2. The minimum Gasteiger partial charge on any atom is -0.495 e. The number of hydrogen-bond acceptors (Lipinski definition) is 6. The van der Waals surface area contributed by atoms with Gasteiger partial charge in [0.15, 0.2) is 6.10 Å². The number of nitrogens with zero attached hydrogens (tertiary/aromatic N) is 1. The second-order valence-corrected chi connectivity index (χ2v) is 9.42. The van der Waals surface area contributed by atoms with Gasteiger partial charge in [-0.05, 0) is 65.7 Å². The maximum atomic E-state index is 12.7. The Morgan fingerprint density at radius 2 is 1.69 bits per heavy atom. The average Bonchev–Trinajstić information content (AvgIpc) is 3.43. The van der Waals surface area contributed by atoms with E-state index in [0.29, 0.717) is 0 Å². The van der Waals surface area contributed by atoms with Crippen LogP contribution in [0.3, 0.4) is 0 Å². The van der Waals surface area contributed by atoms with Crippen LogP contribution >= 0.6 is 0 Å². The zero-order valence-electron chi connectivity index (χ0n) is 17.8. The van der Waals surface area contributed by atoms with Gasteiger partial charge in [0.1, 0.15) is 10.6 Å². The van der Waals surface area contributed by atoms with Crippen LogP contribution < -0.4 is 9.46 Å². The molecule has 0 unspecified atom stereocenters. The van der Waals surface area contributed by atoms with Gasteiger partial charge in [0, 0.05) is 18.1 Å². The smallest absolute Gasteiger partial charge is 0.338 e. The van der Waals surface area contributed by atoms with Gasteiger partial charge in [0.05, 0.1) is 12.7 Å². The van der Waals surface area contributed by atoms with Crippen molar-refractivity contribution in [2.24, 2.45) is 0 Å². The maximum absolute atomic E-state index is 12.7. The van der Waals surface area contributed by atoms with E-state index in [2.05, 4.69) is 4.72 Å². The van der Waals surface area contributed by atoms with Gasteiger partial charge < -0.3 is 14.4 Å². The fraction of sp³-hybridized carbons (Fsp3) is 0.600. The molecule has 0 aliphatic heterocycles. The van der Waals surface area contributed by atoms with Crippen molar-refractivity contribution in [3.63, 3.8) is 0 Å². The Balaban J connectivity index is 2.22. The fourth-order valence-electron chi connectivity index (χ4n) is 3.09. The van der Waals surface area contributed by atoms with Gasteiger partial charge >= 0.3 is 5.97 Å². The van der Waals surface area contributed by atoms with E-state index in [-0.39, 0.29) is 40.2 Å². The molecular formula is C20H30N2O6S. The Labute approximate surface area is 172 Å². The number of sulfonamides is 1. The molecule has 0 saturated heterocycles. The van der Waals surface area contributed by atoms with Gasteiger partial charge in [-0.2, -0.15) is 0 Å². The molecule has 1 aliphatic carbocycles. The second kappa shape index (κ2) is 9.13. The molecule has 0 spiro atoms. The zero-order chi connectivity index (χ0) is 21.9. The van der Waals surface area contributed by atoms with Crippen LogP contribution in [0.1, 0.15) is 57.8 Å². The molecule has 8 nitrogen and oxygen atoms in total. The zero-order valence-corrected chi connectivity index (χ0v) is 18.6. The minimum absolute atomic E-state index is 0.0299. The van der Waals surface area contributed by atoms with Crippen molar-refractivity contribution >= 4 is 21.9 Å². The van der Waals surface area contributed by atoms with Crippen molar-refractivity contribution in [2.75, 3.05) is 7.11 Å². The van der Waals surface area contributed by atoms with E-state index in [0.717, 1.165) is 12.8 Å². The number of esters is 1. The molecule has 1 saturated carbocycles. The topological polar surface area (TPSA) is 102 Å². The molecule has 0 radical (unpaired) electrons. The number of ether oxygens (including phenoxy) is 2. The molecule has 0 heterocycles. The van der Waals surface area contributed by atoms with E-state index < -0.39 is 22.1 Å². The molecule has 29 heavy (non-hydrogen) atoms. The third-order valence-electron chi connectivity index (χ3n) is 4.59. The Morgan fingerprint density at radius 3 is 2.17 bits per heavy atom. The molecular weight excluding hydrogens is 396 g/mol. The first-order chi connectivity index (χ1) is 13.5. The molecule has 2 rings (SSSR count). The van der Waals surface area contributed by atoms with E-state index in [4.69, 9.17) is 9.47 Å². The van der Waals surface area contributed by atoms with Crippen molar-refractivity contribution in [1.82, 2.24) is 9.62 Å². The van der Waals surface area contributed by atoms with E-state index >= 15 is 0 Å². The molecule has 1 aliphatic rings. The summed E-state index contributed by atoms with van der Waals surface area (Å²) in [5, 5.41) is 0. The molecule has 0 aromatic heterocycles. The number of benzene rings is 1. The summed E-state index contributed by atoms with van der Waals surface area (Å²) in [6.07, 6.45) is 0.565. The largest absolute Gasteiger partial charge is 0.495 e. The average molecular weight is 427 g/mol. The fourth-order valence-corrected chi connectivity index (χ4v) is 4.59. The highest BCUT2D eigenvalue weighted by molar-refractivity contribution is 7.89. The van der Waals surface area contributed by atoms with Crippen molar-refractivity contribution in [2.45, 2.75) is 76.6 Å². The summed E-state index contributed by atoms with van der Waals surface area (Å²) in [5.74, 6) is -0.950. The predicted molar refractivity (Wildman–Crippen MR) is 108 cm³/mol. The first-order valence-corrected chi connectivity index (χ1v) is 11.2. The summed E-state index contributed by atoms with van der Waals surface area (Å²) >= 11 is 0. The molecule has 9 heteroatoms. The SMILES string of the molecule is COc1ccc(C(=O)O[C@@H](C)C(=O)N(C(C)C)C(C)C)cc1S(=O)(=O)NC1CC1. The molecule has 1 amide bonds. The standard InChI is InChI=1S/C20H30N2O6S/c1-12(2)22(13(3)4)19(23)14(5)28-20(24)15-7-10-17(27-6)18(11-15)29(25,26)21-16-8-9-16/h7,10-14,16,21H,8-9H2,1-6H3/t14-/m0/s1. The van der Waals surface area contributed by atoms with Crippen LogP contribution in [0.25, 0.3) is 0 Å². The van der Waals surface area contributed by atoms with Gasteiger partial charge in [0.25, 0.3) is 5.91 Å². The van der Waals surface area contributed by atoms with Crippen molar-refractivity contribution < 1.29 is 27.5 Å². The highest BCUT2D eigenvalue weighted by Gasteiger charge is 2.31. The molecule has 162 valence electrons. The number of carbonyl (C=O) groups is 2. The van der Waals surface area contributed by atoms with Crippen LogP contribution in [0.2, 0.25) is 0 Å². The Morgan fingerprint density at radius 1 is 1.10 bits per heavy atom. The highest BCUT2D eigenvalue weighted by Crippen LogP contribution is 2.28. The van der Waals surface area contributed by atoms with Gasteiger partial charge in [0.2, 0.25) is 10.0 Å². The number of nitrogens with one attached hydrogen (secondary N) is 1. The van der Waals surface area contributed by atoms with E-state index in [9.17, 15) is 18.0 Å². The summed E-state index contributed by atoms with van der Waals surface area (Å²) in [6.45, 7) is 9.06. The van der Waals surface area contributed by atoms with E-state index in [1.165, 1.54) is 32.2 Å². The van der Waals surface area contributed by atoms with Crippen LogP contribution in [0.4, 0.5) is 0 Å². The van der Waals surface area contributed by atoms with Crippen LogP contribution in [0.15, 0.2) is 23.1 Å². The quantitative estimate of drug-likeness (QED) is 0.608. The number of carbonyl (C=O) groups excluding carboxylic acids is 2. The number of hydrogen-bond donors (Lipinski definition) is 1. The first-order valence-electron chi connectivity index (χ1n) is 9.71. The normalized spacial score (nSPS) is 15.3. The van der Waals surface area contributed by atoms with Gasteiger partial charge in [-0.3, -0.25) is 4.79 Å². The molecule has 0 bridgehead atoms. The second-order valence-electron chi connectivity index (χ2n) is 7.74. The summed E-state index contributed by atoms with van der Waals surface area (Å²) < 4.78 is 38.2. The third kappa shape index (κ3) is 5.70. The van der Waals surface area contributed by atoms with Crippen molar-refractivity contribution in [3.05, 3.63) is 23.8 Å². The molecule has 1 N–H and O–H groups in total. The number of rotatable bonds is 9. The number of methoxy groups -OCH3 is 1. The monoisotopic (exact) mass is 426 g/mol. The molecule has 1 atom stereocenters. The van der Waals surface area contributed by atoms with Crippen LogP contribution in [-0.4, -0.2) is 56.5 Å². The van der Waals surface area contributed by atoms with Crippen molar-refractivity contribution in [3.8, 4) is 5.75 Å². The van der Waals surface area contributed by atoms with Crippen LogP contribution in [0.5, 0.6) is 5.75 Å². The number of amides is 1. The Kier molecular flexibility index (Phi) is 7.29. The minimum atomic E-state index is -3.83. The molecule has 1 aromatic rings. The lowest BCUT2D eigenvalue weighted by atomic mass is 10.2. The lowest BCUT2D eigenvalue weighted by Gasteiger charge is -2.32. The van der Waals surface area contributed by atoms with Crippen LogP contribution in [-0.2, 0) is 19.6 Å². The van der Waals surface area contributed by atoms with Gasteiger partial charge in [-0.1, -0.05) is 0 Å². The van der Waals surface area contributed by atoms with Crippen molar-refractivity contribution in [1.29, 1.82) is 0 Å². The third-order valence-corrected chi connectivity index (χ3v) is 6.13. The van der Waals surface area contributed by atoms with Crippen LogP contribution in [0, 0.1) is 0 Å². The van der Waals surface area contributed by atoms with Gasteiger partial charge in [-0.15, -0.1) is 0 Å². The Bertz CT molecular complexity index is 854. The molecule has 1 aromatic carbocycles. The lowest BCUT2D eigenvalue weighted by Crippen LogP contribution is -2.47. The predicted octanol–water partition coefficient (Wildman–Crippen LogP) is 2.33. The summed E-state index contributed by atoms with van der Waals surface area (Å²) in [7, 11) is -2.48. The highest BCUT2D eigenvalue weighted by atomic mass is 32.2. The summed E-state index contributed by atoms with van der Waals surface area (Å²) in [4.78, 5) is 26.8.